The van der Waals surface area contributed by atoms with E-state index >= 15 is 0 Å². The molecule has 116 valence electrons. The van der Waals surface area contributed by atoms with Crippen molar-refractivity contribution in [1.29, 1.82) is 0 Å². The summed E-state index contributed by atoms with van der Waals surface area (Å²) in [6.07, 6.45) is 1.14. The summed E-state index contributed by atoms with van der Waals surface area (Å²) >= 11 is 0. The zero-order valence-electron chi connectivity index (χ0n) is 13.0. The molecule has 1 atom stereocenters. The predicted molar refractivity (Wildman–Crippen MR) is 86.2 cm³/mol. The normalized spacial score (nSPS) is 18.5. The van der Waals surface area contributed by atoms with Crippen LogP contribution in [0, 0.1) is 5.92 Å². The summed E-state index contributed by atoms with van der Waals surface area (Å²) in [5.74, 6) is 0.930. The molecule has 5 heteroatoms. The molecule has 0 aliphatic carbocycles. The molecule has 1 aliphatic rings. The SMILES string of the molecule is COc1cc(C(=O)NCC2CCN(C)C2)c2ccccc2n1. The lowest BCUT2D eigenvalue weighted by atomic mass is 10.1. The zero-order valence-corrected chi connectivity index (χ0v) is 13.0. The van der Waals surface area contributed by atoms with Crippen molar-refractivity contribution in [3.05, 3.63) is 35.9 Å². The first-order chi connectivity index (χ1) is 10.7. The van der Waals surface area contributed by atoms with Gasteiger partial charge in [0.25, 0.3) is 5.91 Å². The second-order valence-electron chi connectivity index (χ2n) is 5.86. The Hall–Kier alpha value is -2.14. The largest absolute Gasteiger partial charge is 0.481 e. The van der Waals surface area contributed by atoms with Crippen LogP contribution in [0.5, 0.6) is 5.88 Å². The van der Waals surface area contributed by atoms with Crippen molar-refractivity contribution in [2.75, 3.05) is 33.8 Å². The van der Waals surface area contributed by atoms with Gasteiger partial charge in [0.2, 0.25) is 5.88 Å². The molecule has 0 bridgehead atoms. The molecule has 1 unspecified atom stereocenters. The molecule has 22 heavy (non-hydrogen) atoms. The lowest BCUT2D eigenvalue weighted by Crippen LogP contribution is -2.30. The highest BCUT2D eigenvalue weighted by atomic mass is 16.5. The minimum Gasteiger partial charge on any atom is -0.481 e. The Morgan fingerprint density at radius 2 is 2.27 bits per heavy atom. The van der Waals surface area contributed by atoms with Crippen molar-refractivity contribution in [2.45, 2.75) is 6.42 Å². The number of likely N-dealkylation sites (tertiary alicyclic amines) is 1. The van der Waals surface area contributed by atoms with E-state index in [0.29, 0.717) is 23.9 Å². The van der Waals surface area contributed by atoms with Gasteiger partial charge in [-0.2, -0.15) is 0 Å². The molecule has 2 aromatic rings. The van der Waals surface area contributed by atoms with Crippen LogP contribution in [0.2, 0.25) is 0 Å². The van der Waals surface area contributed by atoms with Crippen LogP contribution in [-0.4, -0.2) is 49.6 Å². The van der Waals surface area contributed by atoms with Crippen LogP contribution < -0.4 is 10.1 Å². The van der Waals surface area contributed by atoms with Crippen LogP contribution in [0.25, 0.3) is 10.9 Å². The Morgan fingerprint density at radius 1 is 1.45 bits per heavy atom. The van der Waals surface area contributed by atoms with Gasteiger partial charge in [-0.25, -0.2) is 4.98 Å². The van der Waals surface area contributed by atoms with Gasteiger partial charge in [0.1, 0.15) is 0 Å². The molecule has 0 radical (unpaired) electrons. The van der Waals surface area contributed by atoms with Crippen LogP contribution in [0.3, 0.4) is 0 Å². The average molecular weight is 299 g/mol. The van der Waals surface area contributed by atoms with Crippen LogP contribution in [0.15, 0.2) is 30.3 Å². The van der Waals surface area contributed by atoms with Crippen LogP contribution >= 0.6 is 0 Å². The van der Waals surface area contributed by atoms with Crippen molar-refractivity contribution < 1.29 is 9.53 Å². The fourth-order valence-electron chi connectivity index (χ4n) is 2.97. The molecular weight excluding hydrogens is 278 g/mol. The number of pyridine rings is 1. The summed E-state index contributed by atoms with van der Waals surface area (Å²) in [5.41, 5.74) is 1.39. The summed E-state index contributed by atoms with van der Waals surface area (Å²) in [5, 5.41) is 3.91. The van der Waals surface area contributed by atoms with Crippen molar-refractivity contribution in [3.63, 3.8) is 0 Å². The number of ether oxygens (including phenoxy) is 1. The van der Waals surface area contributed by atoms with Crippen LogP contribution in [0.1, 0.15) is 16.8 Å². The highest BCUT2D eigenvalue weighted by molar-refractivity contribution is 6.06. The number of benzene rings is 1. The van der Waals surface area contributed by atoms with Gasteiger partial charge in [-0.1, -0.05) is 18.2 Å². The molecule has 3 rings (SSSR count). The summed E-state index contributed by atoms with van der Waals surface area (Å²) in [7, 11) is 3.68. The van der Waals surface area contributed by atoms with Crippen molar-refractivity contribution in [3.8, 4) is 5.88 Å². The number of rotatable bonds is 4. The van der Waals surface area contributed by atoms with E-state index in [1.807, 2.05) is 24.3 Å². The number of hydrogen-bond donors (Lipinski definition) is 1. The van der Waals surface area contributed by atoms with Gasteiger partial charge in [-0.3, -0.25) is 4.79 Å². The Bertz CT molecular complexity index is 687. The van der Waals surface area contributed by atoms with Crippen molar-refractivity contribution in [2.24, 2.45) is 5.92 Å². The summed E-state index contributed by atoms with van der Waals surface area (Å²) in [4.78, 5) is 19.2. The molecule has 0 spiro atoms. The number of para-hydroxylation sites is 1. The second-order valence-corrected chi connectivity index (χ2v) is 5.86. The summed E-state index contributed by atoms with van der Waals surface area (Å²) in [6.45, 7) is 2.86. The highest BCUT2D eigenvalue weighted by Crippen LogP contribution is 2.22. The lowest BCUT2D eigenvalue weighted by Gasteiger charge is -2.13. The van der Waals surface area contributed by atoms with E-state index in [0.717, 1.165) is 30.4 Å². The predicted octanol–water partition coefficient (Wildman–Crippen LogP) is 1.92. The maximum Gasteiger partial charge on any atom is 0.252 e. The smallest absolute Gasteiger partial charge is 0.252 e. The van der Waals surface area contributed by atoms with Crippen LogP contribution in [-0.2, 0) is 0 Å². The lowest BCUT2D eigenvalue weighted by molar-refractivity contribution is 0.0949. The Kier molecular flexibility index (Phi) is 4.24. The van der Waals surface area contributed by atoms with Gasteiger partial charge in [-0.05, 0) is 32.0 Å². The first-order valence-corrected chi connectivity index (χ1v) is 7.58. The van der Waals surface area contributed by atoms with E-state index in [2.05, 4.69) is 22.2 Å². The third kappa shape index (κ3) is 3.04. The topological polar surface area (TPSA) is 54.5 Å². The quantitative estimate of drug-likeness (QED) is 0.937. The number of amides is 1. The molecule has 1 aromatic heterocycles. The minimum absolute atomic E-state index is 0.0635. The number of carbonyl (C=O) groups excluding carboxylic acids is 1. The third-order valence-electron chi connectivity index (χ3n) is 4.19. The Morgan fingerprint density at radius 3 is 3.00 bits per heavy atom. The third-order valence-corrected chi connectivity index (χ3v) is 4.19. The van der Waals surface area contributed by atoms with Gasteiger partial charge in [0.05, 0.1) is 18.2 Å². The maximum absolute atomic E-state index is 12.6. The first-order valence-electron chi connectivity index (χ1n) is 7.58. The monoisotopic (exact) mass is 299 g/mol. The molecule has 5 nitrogen and oxygen atoms in total. The highest BCUT2D eigenvalue weighted by Gasteiger charge is 2.21. The van der Waals surface area contributed by atoms with Gasteiger partial charge in [0, 0.05) is 24.5 Å². The molecule has 1 aliphatic heterocycles. The van der Waals surface area contributed by atoms with Gasteiger partial charge in [0.15, 0.2) is 0 Å². The number of nitrogens with one attached hydrogen (secondary N) is 1. The molecule has 0 saturated carbocycles. The average Bonchev–Trinajstić information content (AvgIpc) is 2.97. The molecular formula is C17H21N3O2. The fourth-order valence-corrected chi connectivity index (χ4v) is 2.97. The van der Waals surface area contributed by atoms with Crippen molar-refractivity contribution >= 4 is 16.8 Å². The minimum atomic E-state index is -0.0635. The number of fused-ring (bicyclic) bond motifs is 1. The Labute approximate surface area is 130 Å². The molecule has 1 saturated heterocycles. The number of nitrogens with zero attached hydrogens (tertiary/aromatic N) is 2. The number of carbonyl (C=O) groups is 1. The van der Waals surface area contributed by atoms with E-state index in [-0.39, 0.29) is 5.91 Å². The maximum atomic E-state index is 12.6. The molecule has 1 amide bonds. The van der Waals surface area contributed by atoms with E-state index in [9.17, 15) is 4.79 Å². The van der Waals surface area contributed by atoms with Crippen LogP contribution in [0.4, 0.5) is 0 Å². The summed E-state index contributed by atoms with van der Waals surface area (Å²) in [6, 6.07) is 9.34. The van der Waals surface area contributed by atoms with Crippen molar-refractivity contribution in [1.82, 2.24) is 15.2 Å². The van der Waals surface area contributed by atoms with E-state index < -0.39 is 0 Å². The molecule has 1 aromatic carbocycles. The van der Waals surface area contributed by atoms with E-state index in [1.54, 1.807) is 13.2 Å². The standard InChI is InChI=1S/C17H21N3O2/c1-20-8-7-12(11-20)10-18-17(21)14-9-16(22-2)19-15-6-4-3-5-13(14)15/h3-6,9,12H,7-8,10-11H2,1-2H3,(H,18,21). The van der Waals surface area contributed by atoms with Gasteiger partial charge < -0.3 is 15.0 Å². The molecule has 1 fully saturated rings. The number of hydrogen-bond acceptors (Lipinski definition) is 4. The number of aromatic nitrogens is 1. The first kappa shape index (κ1) is 14.8. The van der Waals surface area contributed by atoms with E-state index in [1.165, 1.54) is 0 Å². The second kappa shape index (κ2) is 6.32. The fraction of sp³-hybridized carbons (Fsp3) is 0.412. The Balaban J connectivity index is 1.80. The van der Waals surface area contributed by atoms with Gasteiger partial charge in [-0.15, -0.1) is 0 Å². The zero-order chi connectivity index (χ0) is 15.5. The van der Waals surface area contributed by atoms with E-state index in [4.69, 9.17) is 4.74 Å². The number of methoxy groups -OCH3 is 1. The summed E-state index contributed by atoms with van der Waals surface area (Å²) < 4.78 is 5.21. The van der Waals surface area contributed by atoms with Gasteiger partial charge >= 0.3 is 0 Å². The molecule has 1 N–H and O–H groups in total. The molecule has 2 heterocycles.